The van der Waals surface area contributed by atoms with Crippen LogP contribution in [0.25, 0.3) is 0 Å². The van der Waals surface area contributed by atoms with Crippen LogP contribution in [-0.2, 0) is 4.74 Å². The lowest BCUT2D eigenvalue weighted by Crippen LogP contribution is -2.32. The number of methoxy groups -OCH3 is 1. The van der Waals surface area contributed by atoms with Gasteiger partial charge >= 0.3 is 0 Å². The molecule has 0 aliphatic rings. The van der Waals surface area contributed by atoms with Gasteiger partial charge in [-0.15, -0.1) is 0 Å². The van der Waals surface area contributed by atoms with Gasteiger partial charge in [-0.3, -0.25) is 0 Å². The second-order valence-electron chi connectivity index (χ2n) is 3.77. The Balaban J connectivity index is 2.61. The van der Waals surface area contributed by atoms with Crippen molar-refractivity contribution in [3.8, 4) is 0 Å². The number of halogens is 1. The van der Waals surface area contributed by atoms with E-state index >= 15 is 0 Å². The summed E-state index contributed by atoms with van der Waals surface area (Å²) < 4.78 is 6.24. The van der Waals surface area contributed by atoms with E-state index in [0.29, 0.717) is 12.1 Å². The lowest BCUT2D eigenvalue weighted by Gasteiger charge is -2.20. The summed E-state index contributed by atoms with van der Waals surface area (Å²) in [7, 11) is 1.72. The first-order chi connectivity index (χ1) is 7.15. The van der Waals surface area contributed by atoms with Gasteiger partial charge in [-0.2, -0.15) is 0 Å². The van der Waals surface area contributed by atoms with Crippen LogP contribution in [0, 0.1) is 0 Å². The highest BCUT2D eigenvalue weighted by molar-refractivity contribution is 9.10. The standard InChI is InChI=1S/C12H18BrNO/c1-9(8-15-3)14-10(2)11-6-4-5-7-12(11)13/h4-7,9-10,14H,8H2,1-3H3/t9?,10-/m1/s1. The van der Waals surface area contributed by atoms with Crippen molar-refractivity contribution in [2.45, 2.75) is 25.9 Å². The molecule has 1 N–H and O–H groups in total. The smallest absolute Gasteiger partial charge is 0.0613 e. The summed E-state index contributed by atoms with van der Waals surface area (Å²) in [4.78, 5) is 0. The van der Waals surface area contributed by atoms with Gasteiger partial charge in [-0.05, 0) is 25.5 Å². The molecule has 0 saturated carbocycles. The Morgan fingerprint density at radius 2 is 2.00 bits per heavy atom. The Kier molecular flexibility index (Phi) is 5.29. The van der Waals surface area contributed by atoms with E-state index in [1.165, 1.54) is 5.56 Å². The second-order valence-corrected chi connectivity index (χ2v) is 4.62. The van der Waals surface area contributed by atoms with Crippen LogP contribution in [0.2, 0.25) is 0 Å². The molecule has 0 radical (unpaired) electrons. The average molecular weight is 272 g/mol. The molecule has 1 unspecified atom stereocenters. The Morgan fingerprint density at radius 1 is 1.33 bits per heavy atom. The van der Waals surface area contributed by atoms with E-state index in [0.717, 1.165) is 11.1 Å². The quantitative estimate of drug-likeness (QED) is 0.889. The maximum Gasteiger partial charge on any atom is 0.0613 e. The summed E-state index contributed by atoms with van der Waals surface area (Å²) in [6, 6.07) is 8.95. The first-order valence-electron chi connectivity index (χ1n) is 5.14. The van der Waals surface area contributed by atoms with Gasteiger partial charge in [0.2, 0.25) is 0 Å². The van der Waals surface area contributed by atoms with Crippen molar-refractivity contribution in [3.63, 3.8) is 0 Å². The van der Waals surface area contributed by atoms with Crippen LogP contribution in [0.1, 0.15) is 25.5 Å². The molecule has 2 nitrogen and oxygen atoms in total. The summed E-state index contributed by atoms with van der Waals surface area (Å²) in [5.41, 5.74) is 1.28. The number of rotatable bonds is 5. The molecule has 0 heterocycles. The van der Waals surface area contributed by atoms with Crippen LogP contribution in [0.5, 0.6) is 0 Å². The van der Waals surface area contributed by atoms with Crippen molar-refractivity contribution in [1.82, 2.24) is 5.32 Å². The molecule has 0 amide bonds. The van der Waals surface area contributed by atoms with E-state index in [-0.39, 0.29) is 0 Å². The number of hydrogen-bond donors (Lipinski definition) is 1. The molecule has 0 saturated heterocycles. The minimum absolute atomic E-state index is 0.325. The largest absolute Gasteiger partial charge is 0.383 e. The highest BCUT2D eigenvalue weighted by Gasteiger charge is 2.11. The van der Waals surface area contributed by atoms with Crippen molar-refractivity contribution in [2.24, 2.45) is 0 Å². The van der Waals surface area contributed by atoms with Gasteiger partial charge in [-0.25, -0.2) is 0 Å². The van der Waals surface area contributed by atoms with Crippen molar-refractivity contribution < 1.29 is 4.74 Å². The summed E-state index contributed by atoms with van der Waals surface area (Å²) in [6.45, 7) is 5.01. The van der Waals surface area contributed by atoms with Crippen LogP contribution >= 0.6 is 15.9 Å². The van der Waals surface area contributed by atoms with E-state index < -0.39 is 0 Å². The lowest BCUT2D eigenvalue weighted by molar-refractivity contribution is 0.167. The minimum Gasteiger partial charge on any atom is -0.383 e. The molecule has 0 aliphatic carbocycles. The Hall–Kier alpha value is -0.380. The van der Waals surface area contributed by atoms with Crippen molar-refractivity contribution in [1.29, 1.82) is 0 Å². The molecule has 0 aromatic heterocycles. The van der Waals surface area contributed by atoms with E-state index in [2.05, 4.69) is 53.3 Å². The van der Waals surface area contributed by atoms with E-state index in [1.807, 2.05) is 6.07 Å². The van der Waals surface area contributed by atoms with Crippen molar-refractivity contribution in [3.05, 3.63) is 34.3 Å². The Morgan fingerprint density at radius 3 is 2.60 bits per heavy atom. The molecule has 1 aromatic rings. The van der Waals surface area contributed by atoms with Gasteiger partial charge < -0.3 is 10.1 Å². The molecule has 1 rings (SSSR count). The van der Waals surface area contributed by atoms with Gasteiger partial charge in [0.15, 0.2) is 0 Å². The molecule has 0 aliphatic heterocycles. The molecule has 3 heteroatoms. The van der Waals surface area contributed by atoms with Gasteiger partial charge in [0.1, 0.15) is 0 Å². The molecule has 0 bridgehead atoms. The monoisotopic (exact) mass is 271 g/mol. The molecule has 15 heavy (non-hydrogen) atoms. The predicted molar refractivity (Wildman–Crippen MR) is 67.0 cm³/mol. The highest BCUT2D eigenvalue weighted by atomic mass is 79.9. The minimum atomic E-state index is 0.325. The number of ether oxygens (including phenoxy) is 1. The Bertz CT molecular complexity index is 303. The maximum atomic E-state index is 5.10. The fourth-order valence-corrected chi connectivity index (χ4v) is 2.27. The SMILES string of the molecule is COCC(C)N[C@H](C)c1ccccc1Br. The fraction of sp³-hybridized carbons (Fsp3) is 0.500. The predicted octanol–water partition coefficient (Wildman–Crippen LogP) is 3.13. The first kappa shape index (κ1) is 12.7. The van der Waals surface area contributed by atoms with Crippen molar-refractivity contribution >= 4 is 15.9 Å². The van der Waals surface area contributed by atoms with E-state index in [4.69, 9.17) is 4.74 Å². The van der Waals surface area contributed by atoms with Crippen LogP contribution in [-0.4, -0.2) is 19.8 Å². The molecule has 2 atom stereocenters. The van der Waals surface area contributed by atoms with Crippen LogP contribution in [0.4, 0.5) is 0 Å². The maximum absolute atomic E-state index is 5.10. The third-order valence-electron chi connectivity index (χ3n) is 2.32. The summed E-state index contributed by atoms with van der Waals surface area (Å²) in [5.74, 6) is 0. The van der Waals surface area contributed by atoms with Gasteiger partial charge in [0.25, 0.3) is 0 Å². The molecular formula is C12H18BrNO. The van der Waals surface area contributed by atoms with Gasteiger partial charge in [0.05, 0.1) is 6.61 Å². The van der Waals surface area contributed by atoms with E-state index in [1.54, 1.807) is 7.11 Å². The highest BCUT2D eigenvalue weighted by Crippen LogP contribution is 2.22. The van der Waals surface area contributed by atoms with Crippen LogP contribution < -0.4 is 5.32 Å². The fourth-order valence-electron chi connectivity index (χ4n) is 1.64. The van der Waals surface area contributed by atoms with Crippen LogP contribution in [0.3, 0.4) is 0 Å². The third kappa shape index (κ3) is 3.93. The average Bonchev–Trinajstić information content (AvgIpc) is 2.18. The number of nitrogens with one attached hydrogen (secondary N) is 1. The zero-order valence-corrected chi connectivity index (χ0v) is 11.0. The van der Waals surface area contributed by atoms with Gasteiger partial charge in [0, 0.05) is 23.7 Å². The van der Waals surface area contributed by atoms with Crippen molar-refractivity contribution in [2.75, 3.05) is 13.7 Å². The zero-order chi connectivity index (χ0) is 11.3. The number of benzene rings is 1. The normalized spacial score (nSPS) is 14.9. The molecule has 84 valence electrons. The molecule has 0 fully saturated rings. The Labute approximate surface area is 100 Å². The molecular weight excluding hydrogens is 254 g/mol. The lowest BCUT2D eigenvalue weighted by atomic mass is 10.1. The third-order valence-corrected chi connectivity index (χ3v) is 3.05. The molecule has 0 spiro atoms. The van der Waals surface area contributed by atoms with E-state index in [9.17, 15) is 0 Å². The molecule has 1 aromatic carbocycles. The van der Waals surface area contributed by atoms with Gasteiger partial charge in [-0.1, -0.05) is 34.1 Å². The summed E-state index contributed by atoms with van der Waals surface area (Å²) in [6.07, 6.45) is 0. The first-order valence-corrected chi connectivity index (χ1v) is 5.94. The van der Waals surface area contributed by atoms with Crippen LogP contribution in [0.15, 0.2) is 28.7 Å². The topological polar surface area (TPSA) is 21.3 Å². The summed E-state index contributed by atoms with van der Waals surface area (Å²) >= 11 is 3.55. The zero-order valence-electron chi connectivity index (χ0n) is 9.46. The summed E-state index contributed by atoms with van der Waals surface area (Å²) in [5, 5.41) is 3.48. The second kappa shape index (κ2) is 6.26. The number of hydrogen-bond acceptors (Lipinski definition) is 2.